The second-order valence-corrected chi connectivity index (χ2v) is 8.23. The van der Waals surface area contributed by atoms with Crippen molar-refractivity contribution in [3.63, 3.8) is 0 Å². The largest absolute Gasteiger partial charge is 0.399 e. The van der Waals surface area contributed by atoms with Crippen molar-refractivity contribution >= 4 is 23.5 Å². The van der Waals surface area contributed by atoms with Crippen LogP contribution in [0.15, 0.2) is 53.0 Å². The van der Waals surface area contributed by atoms with Gasteiger partial charge < -0.3 is 14.5 Å². The topological polar surface area (TPSA) is 66.8 Å². The van der Waals surface area contributed by atoms with Crippen LogP contribution in [0.5, 0.6) is 0 Å². The molecule has 0 amide bonds. The highest BCUT2D eigenvalue weighted by Gasteiger charge is 2.51. The molecule has 25 heavy (non-hydrogen) atoms. The third kappa shape index (κ3) is 4.96. The van der Waals surface area contributed by atoms with Crippen molar-refractivity contribution in [2.24, 2.45) is 0 Å². The summed E-state index contributed by atoms with van der Waals surface area (Å²) in [7, 11) is -5.60. The molecule has 2 N–H and O–H groups in total. The molecule has 0 fully saturated rings. The summed E-state index contributed by atoms with van der Waals surface area (Å²) in [6.45, 7) is 2.69. The molecule has 1 unspecified atom stereocenters. The monoisotopic (exact) mass is 434 g/mol. The van der Waals surface area contributed by atoms with Gasteiger partial charge in [-0.2, -0.15) is 8.78 Å². The zero-order valence-corrected chi connectivity index (χ0v) is 15.9. The molecule has 0 radical (unpaired) electrons. The summed E-state index contributed by atoms with van der Waals surface area (Å²) in [6, 6.07) is 13.6. The van der Waals surface area contributed by atoms with Gasteiger partial charge in [0.1, 0.15) is 0 Å². The molecular weight excluding hydrogens is 417 g/mol. The second kappa shape index (κ2) is 8.06. The van der Waals surface area contributed by atoms with Crippen molar-refractivity contribution in [3.8, 4) is 0 Å². The highest BCUT2D eigenvalue weighted by molar-refractivity contribution is 9.10. The molecule has 1 atom stereocenters. The molecule has 0 saturated carbocycles. The Morgan fingerprint density at radius 2 is 1.84 bits per heavy atom. The Labute approximate surface area is 153 Å². The van der Waals surface area contributed by atoms with Crippen LogP contribution in [0, 0.1) is 0 Å². The molecule has 0 heterocycles. The number of alkyl halides is 2. The van der Waals surface area contributed by atoms with E-state index in [0.717, 1.165) is 11.6 Å². The van der Waals surface area contributed by atoms with Crippen molar-refractivity contribution < 1.29 is 27.9 Å². The van der Waals surface area contributed by atoms with Crippen LogP contribution >= 0.6 is 23.5 Å². The summed E-state index contributed by atoms with van der Waals surface area (Å²) in [5, 5.41) is 0. The Balaban J connectivity index is 2.01. The first-order valence-electron chi connectivity index (χ1n) is 7.48. The summed E-state index contributed by atoms with van der Waals surface area (Å²) < 4.78 is 44.1. The van der Waals surface area contributed by atoms with Gasteiger partial charge in [-0.15, -0.1) is 0 Å². The van der Waals surface area contributed by atoms with E-state index in [1.807, 2.05) is 37.3 Å². The molecule has 0 aromatic heterocycles. The Morgan fingerprint density at radius 1 is 1.20 bits per heavy atom. The van der Waals surface area contributed by atoms with Gasteiger partial charge in [-0.1, -0.05) is 65.3 Å². The molecular formula is C17H18BrF2O4P. The van der Waals surface area contributed by atoms with Crippen LogP contribution < -0.4 is 0 Å². The van der Waals surface area contributed by atoms with Crippen LogP contribution in [-0.2, 0) is 21.6 Å². The van der Waals surface area contributed by atoms with Gasteiger partial charge in [0.25, 0.3) is 0 Å². The number of benzene rings is 2. The summed E-state index contributed by atoms with van der Waals surface area (Å²) in [5.41, 5.74) is -3.23. The normalized spacial score (nSPS) is 13.7. The van der Waals surface area contributed by atoms with E-state index in [9.17, 15) is 13.3 Å². The lowest BCUT2D eigenvalue weighted by Gasteiger charge is -2.19. The number of halogens is 3. The van der Waals surface area contributed by atoms with Crippen molar-refractivity contribution in [2.45, 2.75) is 25.1 Å². The molecule has 0 aliphatic carbocycles. The van der Waals surface area contributed by atoms with Crippen LogP contribution in [0.25, 0.3) is 0 Å². The van der Waals surface area contributed by atoms with E-state index < -0.39 is 18.8 Å². The summed E-state index contributed by atoms with van der Waals surface area (Å²) in [6.07, 6.45) is 0. The third-order valence-corrected chi connectivity index (χ3v) is 5.36. The maximum atomic E-state index is 13.8. The van der Waals surface area contributed by atoms with E-state index in [4.69, 9.17) is 14.5 Å². The molecule has 2 aromatic carbocycles. The number of hydrogen-bond acceptors (Lipinski definition) is 2. The summed E-state index contributed by atoms with van der Waals surface area (Å²) >= 11 is 2.95. The second-order valence-electron chi connectivity index (χ2n) is 5.73. The minimum absolute atomic E-state index is 0.0713. The maximum absolute atomic E-state index is 13.8. The van der Waals surface area contributed by atoms with E-state index in [0.29, 0.717) is 12.2 Å². The molecule has 4 nitrogen and oxygen atoms in total. The predicted molar refractivity (Wildman–Crippen MR) is 94.6 cm³/mol. The van der Waals surface area contributed by atoms with Gasteiger partial charge in [-0.3, -0.25) is 4.57 Å². The van der Waals surface area contributed by atoms with Gasteiger partial charge in [0.2, 0.25) is 0 Å². The van der Waals surface area contributed by atoms with Gasteiger partial charge >= 0.3 is 13.3 Å². The average Bonchev–Trinajstić information content (AvgIpc) is 2.54. The van der Waals surface area contributed by atoms with Crippen molar-refractivity contribution in [1.29, 1.82) is 0 Å². The molecule has 0 saturated heterocycles. The number of hydrogen-bond donors (Lipinski definition) is 2. The summed E-state index contributed by atoms with van der Waals surface area (Å²) in [5.74, 6) is 0.183. The minimum Gasteiger partial charge on any atom is -0.376 e. The number of ether oxygens (including phenoxy) is 1. The SMILES string of the molecule is CC(COCc1ccc(C(F)(F)P(=O)(O)O)c(Br)c1)c1ccccc1. The van der Waals surface area contributed by atoms with E-state index in [1.165, 1.54) is 12.1 Å². The van der Waals surface area contributed by atoms with Crippen LogP contribution in [0.3, 0.4) is 0 Å². The fourth-order valence-corrected chi connectivity index (χ4v) is 3.62. The molecule has 0 bridgehead atoms. The third-order valence-electron chi connectivity index (χ3n) is 3.73. The minimum atomic E-state index is -5.60. The Hall–Kier alpha value is -1.11. The van der Waals surface area contributed by atoms with Gasteiger partial charge in [-0.05, 0) is 17.2 Å². The zero-order valence-electron chi connectivity index (χ0n) is 13.4. The van der Waals surface area contributed by atoms with Crippen molar-refractivity contribution in [2.75, 3.05) is 6.61 Å². The first kappa shape index (κ1) is 20.2. The predicted octanol–water partition coefficient (Wildman–Crippen LogP) is 5.00. The molecule has 8 heteroatoms. The van der Waals surface area contributed by atoms with E-state index in [2.05, 4.69) is 15.9 Å². The van der Waals surface area contributed by atoms with Crippen LogP contribution in [0.4, 0.5) is 8.78 Å². The molecule has 2 rings (SSSR count). The lowest BCUT2D eigenvalue weighted by atomic mass is 10.0. The average molecular weight is 435 g/mol. The Kier molecular flexibility index (Phi) is 6.51. The van der Waals surface area contributed by atoms with Gasteiger partial charge in [-0.25, -0.2) is 0 Å². The van der Waals surface area contributed by atoms with Gasteiger partial charge in [0.05, 0.1) is 13.2 Å². The molecule has 0 aliphatic rings. The standard InChI is InChI=1S/C17H18BrF2O4P/c1-12(14-5-3-2-4-6-14)10-24-11-13-7-8-15(16(18)9-13)17(19,20)25(21,22)23/h2-9,12H,10-11H2,1H3,(H2,21,22,23). The lowest BCUT2D eigenvalue weighted by molar-refractivity contribution is 0.0556. The Bertz CT molecular complexity index is 764. The smallest absolute Gasteiger partial charge is 0.376 e. The molecule has 0 spiro atoms. The molecule has 0 aliphatic heterocycles. The van der Waals surface area contributed by atoms with Crippen molar-refractivity contribution in [1.82, 2.24) is 0 Å². The van der Waals surface area contributed by atoms with Gasteiger partial charge in [0, 0.05) is 16.0 Å². The van der Waals surface area contributed by atoms with Crippen LogP contribution in [-0.4, -0.2) is 16.4 Å². The number of rotatable bonds is 7. The first-order valence-corrected chi connectivity index (χ1v) is 9.88. The van der Waals surface area contributed by atoms with Crippen LogP contribution in [0.2, 0.25) is 0 Å². The highest BCUT2D eigenvalue weighted by Crippen LogP contribution is 2.60. The molecule has 2 aromatic rings. The van der Waals surface area contributed by atoms with E-state index >= 15 is 0 Å². The lowest BCUT2D eigenvalue weighted by Crippen LogP contribution is -2.14. The summed E-state index contributed by atoms with van der Waals surface area (Å²) in [4.78, 5) is 17.6. The highest BCUT2D eigenvalue weighted by atomic mass is 79.9. The van der Waals surface area contributed by atoms with Crippen LogP contribution in [0.1, 0.15) is 29.5 Å². The van der Waals surface area contributed by atoms with Gasteiger partial charge in [0.15, 0.2) is 0 Å². The quantitative estimate of drug-likeness (QED) is 0.602. The van der Waals surface area contributed by atoms with E-state index in [-0.39, 0.29) is 17.0 Å². The molecule has 136 valence electrons. The van der Waals surface area contributed by atoms with E-state index in [1.54, 1.807) is 0 Å². The first-order chi connectivity index (χ1) is 11.6. The fraction of sp³-hybridized carbons (Fsp3) is 0.294. The maximum Gasteiger partial charge on any atom is 0.399 e. The van der Waals surface area contributed by atoms with Crippen molar-refractivity contribution in [3.05, 3.63) is 69.7 Å². The fourth-order valence-electron chi connectivity index (χ4n) is 2.28. The Morgan fingerprint density at radius 3 is 2.40 bits per heavy atom. The zero-order chi connectivity index (χ0) is 18.7.